The number of ether oxygens (including phenoxy) is 1. The minimum Gasteiger partial charge on any atom is -0.374 e. The van der Waals surface area contributed by atoms with Crippen molar-refractivity contribution in [3.8, 4) is 0 Å². The third-order valence-corrected chi connectivity index (χ3v) is 4.77. The monoisotopic (exact) mass is 308 g/mol. The molecule has 2 aliphatic rings. The second-order valence-corrected chi connectivity index (χ2v) is 6.85. The number of nitrogens with zero attached hydrogens (tertiary/aromatic N) is 1. The predicted molar refractivity (Wildman–Crippen MR) is 88.2 cm³/mol. The van der Waals surface area contributed by atoms with Crippen LogP contribution in [0.25, 0.3) is 0 Å². The molecule has 1 N–H and O–H groups in total. The number of hydrogen-bond donors (Lipinski definition) is 1. The van der Waals surface area contributed by atoms with Crippen molar-refractivity contribution in [2.75, 3.05) is 18.1 Å². The van der Waals surface area contributed by atoms with Gasteiger partial charge in [0.05, 0.1) is 18.8 Å². The largest absolute Gasteiger partial charge is 0.374 e. The SMILES string of the molecule is CC(C)NCc1cc(Cl)ccc1N1CCOC2CCCC21. The third kappa shape index (κ3) is 3.36. The molecule has 1 heterocycles. The molecule has 1 aliphatic carbocycles. The van der Waals surface area contributed by atoms with Crippen LogP contribution in [0.15, 0.2) is 18.2 Å². The Hall–Kier alpha value is -0.770. The van der Waals surface area contributed by atoms with Crippen molar-refractivity contribution >= 4 is 17.3 Å². The van der Waals surface area contributed by atoms with Crippen molar-refractivity contribution in [1.29, 1.82) is 0 Å². The Labute approximate surface area is 132 Å². The van der Waals surface area contributed by atoms with Crippen LogP contribution in [0.4, 0.5) is 5.69 Å². The molecule has 0 spiro atoms. The first-order valence-corrected chi connectivity index (χ1v) is 8.43. The van der Waals surface area contributed by atoms with E-state index in [4.69, 9.17) is 16.3 Å². The maximum Gasteiger partial charge on any atom is 0.0779 e. The van der Waals surface area contributed by atoms with Crippen LogP contribution < -0.4 is 10.2 Å². The number of rotatable bonds is 4. The van der Waals surface area contributed by atoms with Crippen LogP contribution in [0.3, 0.4) is 0 Å². The topological polar surface area (TPSA) is 24.5 Å². The summed E-state index contributed by atoms with van der Waals surface area (Å²) in [6.45, 7) is 7.03. The van der Waals surface area contributed by atoms with Gasteiger partial charge in [0, 0.05) is 29.8 Å². The Balaban J connectivity index is 1.86. The minimum atomic E-state index is 0.417. The van der Waals surface area contributed by atoms with E-state index < -0.39 is 0 Å². The molecular weight excluding hydrogens is 284 g/mol. The lowest BCUT2D eigenvalue weighted by molar-refractivity contribution is 0.0255. The molecule has 1 aliphatic heterocycles. The average Bonchev–Trinajstić information content (AvgIpc) is 2.93. The van der Waals surface area contributed by atoms with Gasteiger partial charge in [0.25, 0.3) is 0 Å². The summed E-state index contributed by atoms with van der Waals surface area (Å²) in [6.07, 6.45) is 4.14. The van der Waals surface area contributed by atoms with Crippen molar-refractivity contribution in [3.05, 3.63) is 28.8 Å². The number of halogens is 1. The molecule has 116 valence electrons. The summed E-state index contributed by atoms with van der Waals surface area (Å²) >= 11 is 6.21. The first kappa shape index (κ1) is 15.1. The van der Waals surface area contributed by atoms with E-state index in [1.807, 2.05) is 6.07 Å². The number of morpholine rings is 1. The van der Waals surface area contributed by atoms with Crippen LogP contribution in [0.2, 0.25) is 5.02 Å². The summed E-state index contributed by atoms with van der Waals surface area (Å²) in [4.78, 5) is 2.55. The molecule has 1 aromatic carbocycles. The molecular formula is C17H25ClN2O. The molecule has 2 unspecified atom stereocenters. The lowest BCUT2D eigenvalue weighted by atomic mass is 10.1. The number of nitrogens with one attached hydrogen (secondary N) is 1. The van der Waals surface area contributed by atoms with Crippen LogP contribution in [-0.2, 0) is 11.3 Å². The Kier molecular flexibility index (Phi) is 4.72. The smallest absolute Gasteiger partial charge is 0.0779 e. The summed E-state index contributed by atoms with van der Waals surface area (Å²) in [5.74, 6) is 0. The fourth-order valence-electron chi connectivity index (χ4n) is 3.51. The van der Waals surface area contributed by atoms with Gasteiger partial charge in [0.2, 0.25) is 0 Å². The molecule has 1 saturated carbocycles. The van der Waals surface area contributed by atoms with Gasteiger partial charge in [-0.25, -0.2) is 0 Å². The van der Waals surface area contributed by atoms with E-state index >= 15 is 0 Å². The highest BCUT2D eigenvalue weighted by atomic mass is 35.5. The maximum absolute atomic E-state index is 6.21. The highest BCUT2D eigenvalue weighted by Gasteiger charge is 2.36. The van der Waals surface area contributed by atoms with Gasteiger partial charge in [-0.15, -0.1) is 0 Å². The summed E-state index contributed by atoms with van der Waals surface area (Å²) in [7, 11) is 0. The molecule has 4 heteroatoms. The second-order valence-electron chi connectivity index (χ2n) is 6.41. The van der Waals surface area contributed by atoms with Crippen molar-refractivity contribution in [2.45, 2.75) is 57.8 Å². The first-order chi connectivity index (χ1) is 10.1. The van der Waals surface area contributed by atoms with E-state index in [0.29, 0.717) is 18.2 Å². The molecule has 2 atom stereocenters. The van der Waals surface area contributed by atoms with Gasteiger partial charge in [0.15, 0.2) is 0 Å². The van der Waals surface area contributed by atoms with Gasteiger partial charge in [-0.2, -0.15) is 0 Å². The first-order valence-electron chi connectivity index (χ1n) is 8.05. The molecule has 0 radical (unpaired) electrons. The molecule has 1 saturated heterocycles. The van der Waals surface area contributed by atoms with Gasteiger partial charge in [-0.05, 0) is 43.0 Å². The Morgan fingerprint density at radius 3 is 3.05 bits per heavy atom. The zero-order valence-electron chi connectivity index (χ0n) is 12.9. The summed E-state index contributed by atoms with van der Waals surface area (Å²) < 4.78 is 5.93. The van der Waals surface area contributed by atoms with Gasteiger partial charge in [-0.3, -0.25) is 0 Å². The summed E-state index contributed by atoms with van der Waals surface area (Å²) in [5, 5.41) is 4.33. The molecule has 3 rings (SSSR count). The second kappa shape index (κ2) is 6.55. The van der Waals surface area contributed by atoms with Gasteiger partial charge in [0.1, 0.15) is 0 Å². The van der Waals surface area contributed by atoms with Crippen LogP contribution >= 0.6 is 11.6 Å². The third-order valence-electron chi connectivity index (χ3n) is 4.53. The van der Waals surface area contributed by atoms with Crippen molar-refractivity contribution in [1.82, 2.24) is 5.32 Å². The number of benzene rings is 1. The van der Waals surface area contributed by atoms with Crippen LogP contribution in [0, 0.1) is 0 Å². The zero-order valence-corrected chi connectivity index (χ0v) is 13.7. The van der Waals surface area contributed by atoms with Crippen LogP contribution in [0.1, 0.15) is 38.7 Å². The molecule has 0 aromatic heterocycles. The van der Waals surface area contributed by atoms with E-state index in [-0.39, 0.29) is 0 Å². The maximum atomic E-state index is 6.21. The molecule has 1 aromatic rings. The molecule has 3 nitrogen and oxygen atoms in total. The molecule has 2 fully saturated rings. The van der Waals surface area contributed by atoms with Crippen molar-refractivity contribution in [3.63, 3.8) is 0 Å². The van der Waals surface area contributed by atoms with E-state index in [1.165, 1.54) is 30.5 Å². The fraction of sp³-hybridized carbons (Fsp3) is 0.647. The van der Waals surface area contributed by atoms with E-state index in [9.17, 15) is 0 Å². The van der Waals surface area contributed by atoms with Crippen molar-refractivity contribution < 1.29 is 4.74 Å². The molecule has 0 amide bonds. The number of fused-ring (bicyclic) bond motifs is 1. The Morgan fingerprint density at radius 2 is 2.24 bits per heavy atom. The minimum absolute atomic E-state index is 0.417. The van der Waals surface area contributed by atoms with Crippen LogP contribution in [-0.4, -0.2) is 31.3 Å². The van der Waals surface area contributed by atoms with Gasteiger partial charge < -0.3 is 15.0 Å². The standard InChI is InChI=1S/C17H25ClN2O/c1-12(2)19-11-13-10-14(18)6-7-15(13)20-8-9-21-17-5-3-4-16(17)20/h6-7,10,12,16-17,19H,3-5,8-9,11H2,1-2H3. The van der Waals surface area contributed by atoms with E-state index in [2.05, 4.69) is 36.2 Å². The molecule has 0 bridgehead atoms. The molecule has 21 heavy (non-hydrogen) atoms. The van der Waals surface area contributed by atoms with Gasteiger partial charge in [-0.1, -0.05) is 25.4 Å². The van der Waals surface area contributed by atoms with Crippen LogP contribution in [0.5, 0.6) is 0 Å². The van der Waals surface area contributed by atoms with Crippen molar-refractivity contribution in [2.24, 2.45) is 0 Å². The average molecular weight is 309 g/mol. The summed E-state index contributed by atoms with van der Waals surface area (Å²) in [6, 6.07) is 7.31. The van der Waals surface area contributed by atoms with Gasteiger partial charge >= 0.3 is 0 Å². The Morgan fingerprint density at radius 1 is 1.38 bits per heavy atom. The normalized spacial score (nSPS) is 25.4. The lowest BCUT2D eigenvalue weighted by Crippen LogP contribution is -2.49. The Bertz CT molecular complexity index is 492. The number of anilines is 1. The predicted octanol–water partition coefficient (Wildman–Crippen LogP) is 3.60. The van der Waals surface area contributed by atoms with E-state index in [1.54, 1.807) is 0 Å². The highest BCUT2D eigenvalue weighted by molar-refractivity contribution is 6.30. The summed E-state index contributed by atoms with van der Waals surface area (Å²) in [5.41, 5.74) is 2.62. The zero-order chi connectivity index (χ0) is 14.8. The highest BCUT2D eigenvalue weighted by Crippen LogP contribution is 2.35. The lowest BCUT2D eigenvalue weighted by Gasteiger charge is -2.40. The quantitative estimate of drug-likeness (QED) is 0.920. The fourth-order valence-corrected chi connectivity index (χ4v) is 3.71. The van der Waals surface area contributed by atoms with E-state index in [0.717, 1.165) is 24.7 Å². The number of hydrogen-bond acceptors (Lipinski definition) is 3.